The lowest BCUT2D eigenvalue weighted by molar-refractivity contribution is 0.0603. The van der Waals surface area contributed by atoms with E-state index >= 15 is 0 Å². The quantitative estimate of drug-likeness (QED) is 0.600. The largest absolute Gasteiger partial charge is 0.465 e. The molecular formula is C21H21NO4S2. The number of carbonyl (C=O) groups excluding carboxylic acids is 1. The van der Waals surface area contributed by atoms with Gasteiger partial charge in [-0.25, -0.2) is 13.2 Å². The molecule has 28 heavy (non-hydrogen) atoms. The monoisotopic (exact) mass is 415 g/mol. The van der Waals surface area contributed by atoms with Gasteiger partial charge in [0.05, 0.1) is 12.0 Å². The van der Waals surface area contributed by atoms with Crippen molar-refractivity contribution in [2.45, 2.75) is 25.7 Å². The minimum absolute atomic E-state index is 0.152. The van der Waals surface area contributed by atoms with Crippen LogP contribution in [0.1, 0.15) is 26.4 Å². The number of nitrogens with one attached hydrogen (secondary N) is 1. The first kappa shape index (κ1) is 20.1. The zero-order chi connectivity index (χ0) is 20.5. The second kappa shape index (κ2) is 7.77. The summed E-state index contributed by atoms with van der Waals surface area (Å²) in [5, 5.41) is 0.251. The molecule has 1 aromatic heterocycles. The third-order valence-corrected chi connectivity index (χ3v) is 7.05. The third kappa shape index (κ3) is 3.81. The van der Waals surface area contributed by atoms with Crippen molar-refractivity contribution in [2.24, 2.45) is 0 Å². The maximum Gasteiger partial charge on any atom is 0.341 e. The molecule has 1 N–H and O–H groups in total. The number of ether oxygens (including phenoxy) is 1. The van der Waals surface area contributed by atoms with Gasteiger partial charge in [-0.1, -0.05) is 36.4 Å². The SMILES string of the molecule is COC(=O)c1c(NS(=O)(=O)c2ccc(C)c(C)c2)sc(C)c1-c1ccccc1. The molecule has 0 amide bonds. The second-order valence-electron chi connectivity index (χ2n) is 6.45. The molecule has 0 atom stereocenters. The highest BCUT2D eigenvalue weighted by molar-refractivity contribution is 7.93. The van der Waals surface area contributed by atoms with Crippen LogP contribution in [0.2, 0.25) is 0 Å². The number of methoxy groups -OCH3 is 1. The van der Waals surface area contributed by atoms with Gasteiger partial charge in [-0.15, -0.1) is 11.3 Å². The fourth-order valence-corrected chi connectivity index (χ4v) is 5.38. The third-order valence-electron chi connectivity index (χ3n) is 4.55. The first-order valence-electron chi connectivity index (χ1n) is 8.62. The molecule has 0 saturated heterocycles. The molecule has 0 aliphatic heterocycles. The molecule has 0 aliphatic rings. The Hall–Kier alpha value is -2.64. The summed E-state index contributed by atoms with van der Waals surface area (Å²) in [4.78, 5) is 13.5. The average molecular weight is 416 g/mol. The Morgan fingerprint density at radius 2 is 1.68 bits per heavy atom. The molecule has 2 aromatic carbocycles. The topological polar surface area (TPSA) is 72.5 Å². The maximum absolute atomic E-state index is 12.9. The van der Waals surface area contributed by atoms with Gasteiger partial charge < -0.3 is 4.74 Å². The zero-order valence-corrected chi connectivity index (χ0v) is 17.7. The summed E-state index contributed by atoms with van der Waals surface area (Å²) in [6, 6.07) is 14.3. The Kier molecular flexibility index (Phi) is 5.58. The molecule has 0 spiro atoms. The molecule has 0 bridgehead atoms. The Labute approximate surface area is 169 Å². The normalized spacial score (nSPS) is 11.3. The predicted octanol–water partition coefficient (Wildman–Crippen LogP) is 4.93. The molecule has 146 valence electrons. The Morgan fingerprint density at radius 3 is 2.29 bits per heavy atom. The van der Waals surface area contributed by atoms with E-state index in [2.05, 4.69) is 4.72 Å². The van der Waals surface area contributed by atoms with Gasteiger partial charge in [0, 0.05) is 10.4 Å². The summed E-state index contributed by atoms with van der Waals surface area (Å²) in [6.45, 7) is 5.63. The molecule has 0 aliphatic carbocycles. The van der Waals surface area contributed by atoms with Crippen molar-refractivity contribution < 1.29 is 17.9 Å². The molecule has 0 unspecified atom stereocenters. The number of hydrogen-bond acceptors (Lipinski definition) is 5. The van der Waals surface area contributed by atoms with Crippen LogP contribution in [0.15, 0.2) is 53.4 Å². The summed E-state index contributed by atoms with van der Waals surface area (Å²) in [5.41, 5.74) is 3.61. The lowest BCUT2D eigenvalue weighted by atomic mass is 10.0. The van der Waals surface area contributed by atoms with Gasteiger partial charge in [-0.2, -0.15) is 0 Å². The van der Waals surface area contributed by atoms with E-state index in [1.807, 2.05) is 51.1 Å². The molecule has 7 heteroatoms. The van der Waals surface area contributed by atoms with Gasteiger partial charge in [-0.05, 0) is 49.6 Å². The number of carbonyl (C=O) groups is 1. The molecule has 1 heterocycles. The summed E-state index contributed by atoms with van der Waals surface area (Å²) in [7, 11) is -2.57. The number of aryl methyl sites for hydroxylation is 3. The van der Waals surface area contributed by atoms with Crippen LogP contribution in [0.4, 0.5) is 5.00 Å². The number of rotatable bonds is 5. The van der Waals surface area contributed by atoms with Gasteiger partial charge in [0.25, 0.3) is 10.0 Å². The van der Waals surface area contributed by atoms with E-state index in [4.69, 9.17) is 4.74 Å². The predicted molar refractivity (Wildman–Crippen MR) is 113 cm³/mol. The number of thiophene rings is 1. The molecular weight excluding hydrogens is 394 g/mol. The zero-order valence-electron chi connectivity index (χ0n) is 16.1. The Bertz CT molecular complexity index is 1130. The van der Waals surface area contributed by atoms with Crippen molar-refractivity contribution in [1.29, 1.82) is 0 Å². The highest BCUT2D eigenvalue weighted by atomic mass is 32.2. The molecule has 3 aromatic rings. The molecule has 3 rings (SSSR count). The molecule has 0 fully saturated rings. The van der Waals surface area contributed by atoms with Crippen molar-refractivity contribution in [1.82, 2.24) is 0 Å². The van der Waals surface area contributed by atoms with E-state index in [1.165, 1.54) is 18.4 Å². The summed E-state index contributed by atoms with van der Waals surface area (Å²) >= 11 is 1.22. The Balaban J connectivity index is 2.12. The smallest absolute Gasteiger partial charge is 0.341 e. The Morgan fingerprint density at radius 1 is 1.00 bits per heavy atom. The summed E-state index contributed by atoms with van der Waals surface area (Å²) < 4.78 is 33.4. The van der Waals surface area contributed by atoms with Crippen LogP contribution in [-0.4, -0.2) is 21.5 Å². The van der Waals surface area contributed by atoms with E-state index in [0.717, 1.165) is 21.6 Å². The van der Waals surface area contributed by atoms with Gasteiger partial charge in [0.15, 0.2) is 0 Å². The van der Waals surface area contributed by atoms with Crippen LogP contribution in [-0.2, 0) is 14.8 Å². The summed E-state index contributed by atoms with van der Waals surface area (Å²) in [6.07, 6.45) is 0. The van der Waals surface area contributed by atoms with Crippen molar-refractivity contribution in [3.8, 4) is 11.1 Å². The standard InChI is InChI=1S/C21H21NO4S2/c1-13-10-11-17(12-14(13)2)28(24,25)22-20-19(21(23)26-4)18(15(3)27-20)16-8-6-5-7-9-16/h5-12,22H,1-4H3. The molecule has 0 saturated carbocycles. The average Bonchev–Trinajstić information content (AvgIpc) is 2.98. The van der Waals surface area contributed by atoms with Crippen LogP contribution in [0, 0.1) is 20.8 Å². The number of esters is 1. The van der Waals surface area contributed by atoms with Gasteiger partial charge >= 0.3 is 5.97 Å². The van der Waals surface area contributed by atoms with Crippen LogP contribution in [0.25, 0.3) is 11.1 Å². The van der Waals surface area contributed by atoms with Crippen LogP contribution < -0.4 is 4.72 Å². The van der Waals surface area contributed by atoms with Gasteiger partial charge in [0.2, 0.25) is 0 Å². The number of benzene rings is 2. The van der Waals surface area contributed by atoms with E-state index in [1.54, 1.807) is 18.2 Å². The van der Waals surface area contributed by atoms with Crippen LogP contribution in [0.5, 0.6) is 0 Å². The van der Waals surface area contributed by atoms with Gasteiger partial charge in [0.1, 0.15) is 10.6 Å². The van der Waals surface area contributed by atoms with Crippen molar-refractivity contribution in [3.05, 3.63) is 70.1 Å². The van der Waals surface area contributed by atoms with E-state index in [-0.39, 0.29) is 15.5 Å². The highest BCUT2D eigenvalue weighted by Gasteiger charge is 2.27. The minimum Gasteiger partial charge on any atom is -0.465 e. The first-order valence-corrected chi connectivity index (χ1v) is 10.9. The first-order chi connectivity index (χ1) is 13.2. The fourth-order valence-electron chi connectivity index (χ4n) is 2.93. The maximum atomic E-state index is 12.9. The van der Waals surface area contributed by atoms with Crippen molar-refractivity contribution in [3.63, 3.8) is 0 Å². The number of anilines is 1. The van der Waals surface area contributed by atoms with Crippen LogP contribution in [0.3, 0.4) is 0 Å². The van der Waals surface area contributed by atoms with E-state index in [0.29, 0.717) is 5.56 Å². The summed E-state index contributed by atoms with van der Waals surface area (Å²) in [5.74, 6) is -0.582. The fraction of sp³-hybridized carbons (Fsp3) is 0.190. The lowest BCUT2D eigenvalue weighted by Crippen LogP contribution is -2.15. The lowest BCUT2D eigenvalue weighted by Gasteiger charge is -2.11. The van der Waals surface area contributed by atoms with Crippen molar-refractivity contribution >= 4 is 32.3 Å². The highest BCUT2D eigenvalue weighted by Crippen LogP contribution is 2.41. The molecule has 0 radical (unpaired) electrons. The number of sulfonamides is 1. The van der Waals surface area contributed by atoms with Crippen molar-refractivity contribution in [2.75, 3.05) is 11.8 Å². The van der Waals surface area contributed by atoms with Gasteiger partial charge in [-0.3, -0.25) is 4.72 Å². The van der Waals surface area contributed by atoms with E-state index in [9.17, 15) is 13.2 Å². The van der Waals surface area contributed by atoms with E-state index < -0.39 is 16.0 Å². The minimum atomic E-state index is -3.85. The second-order valence-corrected chi connectivity index (χ2v) is 9.35. The van der Waals surface area contributed by atoms with Crippen LogP contribution >= 0.6 is 11.3 Å². The number of hydrogen-bond donors (Lipinski definition) is 1. The molecule has 5 nitrogen and oxygen atoms in total.